The Kier molecular flexibility index (Phi) is 6.44. The zero-order chi connectivity index (χ0) is 12.1. The Morgan fingerprint density at radius 1 is 1.47 bits per heavy atom. The second kappa shape index (κ2) is 6.48. The summed E-state index contributed by atoms with van der Waals surface area (Å²) in [5, 5.41) is 2.39. The van der Waals surface area contributed by atoms with Gasteiger partial charge in [0.25, 0.3) is 0 Å². The maximum absolute atomic E-state index is 11.4. The lowest BCUT2D eigenvalue weighted by atomic mass is 10.4. The van der Waals surface area contributed by atoms with Gasteiger partial charge in [-0.3, -0.25) is 9.36 Å². The van der Waals surface area contributed by atoms with Gasteiger partial charge in [0.1, 0.15) is 6.04 Å². The predicted octanol–water partition coefficient (Wildman–Crippen LogP) is 2.30. The monoisotopic (exact) mass is 257 g/mol. The molecule has 0 aromatic carbocycles. The van der Waals surface area contributed by atoms with E-state index >= 15 is 0 Å². The van der Waals surface area contributed by atoms with Gasteiger partial charge in [-0.25, -0.2) is 5.09 Å². The van der Waals surface area contributed by atoms with Crippen LogP contribution in [0.3, 0.4) is 0 Å². The number of rotatable bonds is 6. The van der Waals surface area contributed by atoms with Crippen molar-refractivity contribution in [3.8, 4) is 0 Å². The minimum Gasteiger partial charge on any atom is -0.462 e. The molecule has 0 saturated heterocycles. The number of carbonyl (C=O) groups is 1. The van der Waals surface area contributed by atoms with Gasteiger partial charge in [0.2, 0.25) is 0 Å². The average molecular weight is 258 g/mol. The summed E-state index contributed by atoms with van der Waals surface area (Å²) in [7, 11) is 0. The largest absolute Gasteiger partial charge is 0.462 e. The van der Waals surface area contributed by atoms with Crippen LogP contribution in [0.1, 0.15) is 27.7 Å². The van der Waals surface area contributed by atoms with E-state index in [0.717, 1.165) is 0 Å². The Bertz CT molecular complexity index is 259. The number of nitrogens with one attached hydrogen (secondary N) is 1. The Balaban J connectivity index is 4.17. The van der Waals surface area contributed by atoms with Crippen molar-refractivity contribution in [2.24, 2.45) is 0 Å². The zero-order valence-electron chi connectivity index (χ0n) is 9.32. The number of hydrogen-bond acceptors (Lipinski definition) is 4. The first-order chi connectivity index (χ1) is 6.78. The average Bonchev–Trinajstić information content (AvgIpc) is 2.01. The van der Waals surface area contributed by atoms with Gasteiger partial charge >= 0.3 is 12.8 Å². The van der Waals surface area contributed by atoms with Crippen LogP contribution in [-0.2, 0) is 18.6 Å². The normalized spacial score (nSPS) is 17.2. The summed E-state index contributed by atoms with van der Waals surface area (Å²) < 4.78 is 21.1. The SMILES string of the molecule is CCOP(=O)(Cl)N[C@@H](C)C(=O)OC(C)C. The molecule has 7 heteroatoms. The van der Waals surface area contributed by atoms with E-state index in [2.05, 4.69) is 5.09 Å². The van der Waals surface area contributed by atoms with Crippen LogP contribution in [0.25, 0.3) is 0 Å². The zero-order valence-corrected chi connectivity index (χ0v) is 11.0. The molecule has 0 aliphatic carbocycles. The Morgan fingerprint density at radius 2 is 2.00 bits per heavy atom. The Labute approximate surface area is 94.8 Å². The molecule has 90 valence electrons. The highest BCUT2D eigenvalue weighted by atomic mass is 35.7. The molecule has 0 aliphatic heterocycles. The van der Waals surface area contributed by atoms with Crippen molar-refractivity contribution in [2.75, 3.05) is 6.61 Å². The molecule has 0 fully saturated rings. The van der Waals surface area contributed by atoms with Gasteiger partial charge in [-0.1, -0.05) is 0 Å². The van der Waals surface area contributed by atoms with E-state index in [4.69, 9.17) is 20.5 Å². The fraction of sp³-hybridized carbons (Fsp3) is 0.875. The van der Waals surface area contributed by atoms with Crippen LogP contribution in [0, 0.1) is 0 Å². The van der Waals surface area contributed by atoms with Crippen molar-refractivity contribution in [1.29, 1.82) is 0 Å². The van der Waals surface area contributed by atoms with Crippen molar-refractivity contribution < 1.29 is 18.6 Å². The molecule has 0 aromatic rings. The van der Waals surface area contributed by atoms with Crippen LogP contribution in [0.2, 0.25) is 0 Å². The molecule has 1 N–H and O–H groups in total. The summed E-state index contributed by atoms with van der Waals surface area (Å²) in [6, 6.07) is -0.762. The third-order valence-corrected chi connectivity index (χ3v) is 3.22. The fourth-order valence-electron chi connectivity index (χ4n) is 0.822. The molecule has 15 heavy (non-hydrogen) atoms. The van der Waals surface area contributed by atoms with Crippen LogP contribution in [0.4, 0.5) is 0 Å². The van der Waals surface area contributed by atoms with Gasteiger partial charge in [0.05, 0.1) is 12.7 Å². The third-order valence-electron chi connectivity index (χ3n) is 1.35. The topological polar surface area (TPSA) is 64.6 Å². The highest BCUT2D eigenvalue weighted by molar-refractivity contribution is 7.83. The van der Waals surface area contributed by atoms with Crippen molar-refractivity contribution in [1.82, 2.24) is 5.09 Å². The summed E-state index contributed by atoms with van der Waals surface area (Å²) in [5.74, 6) is -0.509. The molecule has 0 saturated carbocycles. The first-order valence-corrected chi connectivity index (χ1v) is 7.24. The van der Waals surface area contributed by atoms with E-state index < -0.39 is 18.9 Å². The van der Waals surface area contributed by atoms with Crippen LogP contribution < -0.4 is 5.09 Å². The number of ether oxygens (including phenoxy) is 1. The lowest BCUT2D eigenvalue weighted by molar-refractivity contribution is -0.149. The highest BCUT2D eigenvalue weighted by Crippen LogP contribution is 2.48. The van der Waals surface area contributed by atoms with Gasteiger partial charge in [-0.15, -0.1) is 0 Å². The molecule has 0 aromatic heterocycles. The van der Waals surface area contributed by atoms with Crippen LogP contribution in [-0.4, -0.2) is 24.7 Å². The van der Waals surface area contributed by atoms with Crippen molar-refractivity contribution in [3.05, 3.63) is 0 Å². The van der Waals surface area contributed by atoms with Crippen molar-refractivity contribution in [2.45, 2.75) is 39.8 Å². The maximum atomic E-state index is 11.4. The number of hydrogen-bond donors (Lipinski definition) is 1. The van der Waals surface area contributed by atoms with Crippen LogP contribution in [0.15, 0.2) is 0 Å². The highest BCUT2D eigenvalue weighted by Gasteiger charge is 2.26. The predicted molar refractivity (Wildman–Crippen MR) is 58.9 cm³/mol. The molecule has 1 unspecified atom stereocenters. The molecule has 0 amide bonds. The van der Waals surface area contributed by atoms with Crippen LogP contribution in [0.5, 0.6) is 0 Å². The summed E-state index contributed by atoms with van der Waals surface area (Å²) in [4.78, 5) is 11.3. The molecule has 0 spiro atoms. The number of carbonyl (C=O) groups excluding carboxylic acids is 1. The summed E-state index contributed by atoms with van der Waals surface area (Å²) in [5.41, 5.74) is 0. The minimum atomic E-state index is -3.42. The van der Waals surface area contributed by atoms with E-state index in [1.165, 1.54) is 6.92 Å². The van der Waals surface area contributed by atoms with Crippen molar-refractivity contribution in [3.63, 3.8) is 0 Å². The molecule has 5 nitrogen and oxygen atoms in total. The molecule has 2 atom stereocenters. The lowest BCUT2D eigenvalue weighted by Gasteiger charge is -2.18. The first kappa shape index (κ1) is 14.9. The summed E-state index contributed by atoms with van der Waals surface area (Å²) in [6.45, 7) is 3.42. The van der Waals surface area contributed by atoms with Gasteiger partial charge in [-0.05, 0) is 38.9 Å². The van der Waals surface area contributed by atoms with Gasteiger partial charge in [0.15, 0.2) is 0 Å². The number of halogens is 1. The minimum absolute atomic E-state index is 0.208. The molecule has 0 rings (SSSR count). The maximum Gasteiger partial charge on any atom is 0.361 e. The fourth-order valence-corrected chi connectivity index (χ4v) is 2.53. The van der Waals surface area contributed by atoms with Crippen LogP contribution >= 0.6 is 18.1 Å². The van der Waals surface area contributed by atoms with Gasteiger partial charge < -0.3 is 9.26 Å². The molecule has 0 radical (unpaired) electrons. The van der Waals surface area contributed by atoms with Gasteiger partial charge in [-0.2, -0.15) is 0 Å². The summed E-state index contributed by atoms with van der Waals surface area (Å²) >= 11 is 5.53. The third kappa shape index (κ3) is 6.90. The first-order valence-electron chi connectivity index (χ1n) is 4.71. The van der Waals surface area contributed by atoms with E-state index in [1.807, 2.05) is 0 Å². The lowest BCUT2D eigenvalue weighted by Crippen LogP contribution is -2.34. The quantitative estimate of drug-likeness (QED) is 0.584. The molecule has 0 heterocycles. The molecular formula is C8H17ClNO4P. The van der Waals surface area contributed by atoms with E-state index in [-0.39, 0.29) is 12.7 Å². The van der Waals surface area contributed by atoms with E-state index in [0.29, 0.717) is 0 Å². The standard InChI is InChI=1S/C8H17ClNO4P/c1-5-13-15(9,12)10-7(4)8(11)14-6(2)3/h6-7H,5H2,1-4H3,(H,10,12)/t7-,15?/m0/s1. The molecule has 0 aliphatic rings. The second-order valence-corrected chi connectivity index (χ2v) is 6.04. The second-order valence-electron chi connectivity index (χ2n) is 3.23. The Hall–Kier alpha value is -0.0900. The number of esters is 1. The molecular weight excluding hydrogens is 241 g/mol. The summed E-state index contributed by atoms with van der Waals surface area (Å²) in [6.07, 6.45) is -0.219. The van der Waals surface area contributed by atoms with E-state index in [9.17, 15) is 9.36 Å². The van der Waals surface area contributed by atoms with Crippen molar-refractivity contribution >= 4 is 24.1 Å². The van der Waals surface area contributed by atoms with E-state index in [1.54, 1.807) is 20.8 Å². The smallest absolute Gasteiger partial charge is 0.361 e. The molecule has 0 bridgehead atoms. The van der Waals surface area contributed by atoms with Gasteiger partial charge in [0, 0.05) is 0 Å². The Morgan fingerprint density at radius 3 is 2.40 bits per heavy atom.